The molecule has 1 amide bonds. The first-order valence-corrected chi connectivity index (χ1v) is 11.5. The molecule has 6 heteroatoms. The predicted octanol–water partition coefficient (Wildman–Crippen LogP) is 4.52. The lowest BCUT2D eigenvalue weighted by Gasteiger charge is -2.27. The van der Waals surface area contributed by atoms with Gasteiger partial charge >= 0.3 is 0 Å². The molecular weight excluding hydrogens is 402 g/mol. The summed E-state index contributed by atoms with van der Waals surface area (Å²) in [6.07, 6.45) is 8.91. The molecule has 1 aliphatic heterocycles. The Hall–Kier alpha value is -3.12. The lowest BCUT2D eigenvalue weighted by Crippen LogP contribution is -2.32. The smallest absolute Gasteiger partial charge is 0.254 e. The Morgan fingerprint density at radius 3 is 2.78 bits per heavy atom. The van der Waals surface area contributed by atoms with E-state index in [1.165, 1.54) is 19.3 Å². The molecule has 1 N–H and O–H groups in total. The van der Waals surface area contributed by atoms with Gasteiger partial charge in [-0.15, -0.1) is 0 Å². The van der Waals surface area contributed by atoms with Crippen LogP contribution in [0, 0.1) is 5.92 Å². The summed E-state index contributed by atoms with van der Waals surface area (Å²) in [5.74, 6) is 1.08. The zero-order valence-corrected chi connectivity index (χ0v) is 18.2. The Morgan fingerprint density at radius 2 is 1.97 bits per heavy atom. The molecule has 1 fully saturated rings. The van der Waals surface area contributed by atoms with Gasteiger partial charge in [0.2, 0.25) is 0 Å². The van der Waals surface area contributed by atoms with Crippen LogP contribution in [0.1, 0.15) is 59.7 Å². The molecule has 5 rings (SSSR count). The van der Waals surface area contributed by atoms with E-state index in [1.54, 1.807) is 10.9 Å². The lowest BCUT2D eigenvalue weighted by molar-refractivity contribution is 0.0733. The van der Waals surface area contributed by atoms with Crippen LogP contribution in [0.2, 0.25) is 0 Å². The maximum Gasteiger partial charge on any atom is 0.254 e. The number of nitrogens with zero attached hydrogens (tertiary/aromatic N) is 3. The number of ether oxygens (including phenoxy) is 1. The van der Waals surface area contributed by atoms with Crippen LogP contribution in [0.4, 0.5) is 0 Å². The van der Waals surface area contributed by atoms with Crippen LogP contribution >= 0.6 is 0 Å². The van der Waals surface area contributed by atoms with Gasteiger partial charge in [0.25, 0.3) is 5.91 Å². The standard InChI is InChI=1S/C26H29N3O3/c30-25(19-6-2-1-3-7-19)20-10-11-24-22(16-20)18-28(14-15-32-24)26(31)21-8-4-9-23(17-21)29-13-5-12-27-29/h4-5,8-13,16-17,19,25,30H,1-3,6-7,14-15,18H2/t25-/m1/s1. The van der Waals surface area contributed by atoms with E-state index in [9.17, 15) is 9.90 Å². The van der Waals surface area contributed by atoms with E-state index < -0.39 is 6.10 Å². The molecule has 2 aliphatic rings. The maximum atomic E-state index is 13.3. The van der Waals surface area contributed by atoms with Gasteiger partial charge in [-0.25, -0.2) is 4.68 Å². The fourth-order valence-corrected chi connectivity index (χ4v) is 4.88. The summed E-state index contributed by atoms with van der Waals surface area (Å²) in [7, 11) is 0. The molecule has 6 nitrogen and oxygen atoms in total. The van der Waals surface area contributed by atoms with E-state index in [2.05, 4.69) is 5.10 Å². The number of aliphatic hydroxyl groups excluding tert-OH is 1. The van der Waals surface area contributed by atoms with Crippen molar-refractivity contribution in [3.8, 4) is 11.4 Å². The van der Waals surface area contributed by atoms with Crippen LogP contribution in [0.5, 0.6) is 5.75 Å². The van der Waals surface area contributed by atoms with Gasteiger partial charge in [0.15, 0.2) is 0 Å². The van der Waals surface area contributed by atoms with E-state index in [-0.39, 0.29) is 5.91 Å². The van der Waals surface area contributed by atoms with Crippen molar-refractivity contribution in [1.82, 2.24) is 14.7 Å². The minimum atomic E-state index is -0.459. The van der Waals surface area contributed by atoms with Gasteiger partial charge in [0.05, 0.1) is 18.3 Å². The fraction of sp³-hybridized carbons (Fsp3) is 0.385. The highest BCUT2D eigenvalue weighted by atomic mass is 16.5. The molecule has 1 aromatic heterocycles. The highest BCUT2D eigenvalue weighted by Crippen LogP contribution is 2.36. The molecule has 1 aliphatic carbocycles. The van der Waals surface area contributed by atoms with Crippen molar-refractivity contribution in [2.75, 3.05) is 13.2 Å². The third-order valence-corrected chi connectivity index (χ3v) is 6.65. The second kappa shape index (κ2) is 9.17. The molecule has 1 saturated carbocycles. The van der Waals surface area contributed by atoms with E-state index in [4.69, 9.17) is 4.74 Å². The number of fused-ring (bicyclic) bond motifs is 1. The number of aliphatic hydroxyl groups is 1. The van der Waals surface area contributed by atoms with E-state index >= 15 is 0 Å². The molecule has 0 saturated heterocycles. The highest BCUT2D eigenvalue weighted by Gasteiger charge is 2.26. The van der Waals surface area contributed by atoms with Gasteiger partial charge in [-0.05, 0) is 60.7 Å². The monoisotopic (exact) mass is 431 g/mol. The Balaban J connectivity index is 1.37. The Kier molecular flexibility index (Phi) is 5.95. The number of hydrogen-bond acceptors (Lipinski definition) is 4. The van der Waals surface area contributed by atoms with Crippen molar-refractivity contribution in [2.24, 2.45) is 5.92 Å². The minimum absolute atomic E-state index is 0.0336. The van der Waals surface area contributed by atoms with Crippen molar-refractivity contribution in [2.45, 2.75) is 44.8 Å². The van der Waals surface area contributed by atoms with Gasteiger partial charge < -0.3 is 14.7 Å². The number of carbonyl (C=O) groups is 1. The lowest BCUT2D eigenvalue weighted by atomic mass is 9.82. The first-order chi connectivity index (χ1) is 15.7. The number of rotatable bonds is 4. The van der Waals surface area contributed by atoms with E-state index in [1.807, 2.05) is 59.6 Å². The summed E-state index contributed by atoms with van der Waals surface area (Å²) < 4.78 is 7.68. The van der Waals surface area contributed by atoms with Crippen LogP contribution in [0.3, 0.4) is 0 Å². The quantitative estimate of drug-likeness (QED) is 0.660. The van der Waals surface area contributed by atoms with E-state index in [0.29, 0.717) is 31.2 Å². The summed E-state index contributed by atoms with van der Waals surface area (Å²) in [5, 5.41) is 15.2. The second-order valence-corrected chi connectivity index (χ2v) is 8.79. The van der Waals surface area contributed by atoms with Crippen LogP contribution in [-0.2, 0) is 6.54 Å². The average molecular weight is 432 g/mol. The highest BCUT2D eigenvalue weighted by molar-refractivity contribution is 5.94. The van der Waals surface area contributed by atoms with E-state index in [0.717, 1.165) is 35.4 Å². The van der Waals surface area contributed by atoms with Gasteiger partial charge in [0.1, 0.15) is 12.4 Å². The normalized spacial score (nSPS) is 17.8. The van der Waals surface area contributed by atoms with Crippen molar-refractivity contribution in [3.63, 3.8) is 0 Å². The molecule has 1 atom stereocenters. The van der Waals surface area contributed by atoms with Crippen LogP contribution in [0.25, 0.3) is 5.69 Å². The van der Waals surface area contributed by atoms with Gasteiger partial charge in [-0.3, -0.25) is 4.79 Å². The topological polar surface area (TPSA) is 67.6 Å². The summed E-state index contributed by atoms with van der Waals surface area (Å²) in [5.41, 5.74) is 3.35. The molecule has 32 heavy (non-hydrogen) atoms. The fourth-order valence-electron chi connectivity index (χ4n) is 4.88. The summed E-state index contributed by atoms with van der Waals surface area (Å²) in [4.78, 5) is 15.2. The molecule has 3 aromatic rings. The molecule has 166 valence electrons. The SMILES string of the molecule is O=C(c1cccc(-n2cccn2)c1)N1CCOc2ccc([C@H](O)C3CCCCC3)cc2C1. The number of benzene rings is 2. The van der Waals surface area contributed by atoms with Gasteiger partial charge in [0, 0.05) is 30.1 Å². The minimum Gasteiger partial charge on any atom is -0.491 e. The van der Waals surface area contributed by atoms with Crippen LogP contribution in [0.15, 0.2) is 60.9 Å². The molecular formula is C26H29N3O3. The first kappa shape index (κ1) is 20.8. The number of aromatic nitrogens is 2. The molecule has 2 heterocycles. The van der Waals surface area contributed by atoms with Crippen LogP contribution in [-0.4, -0.2) is 38.8 Å². The van der Waals surface area contributed by atoms with Crippen molar-refractivity contribution in [3.05, 3.63) is 77.6 Å². The molecule has 0 bridgehead atoms. The molecule has 2 aromatic carbocycles. The molecule has 0 spiro atoms. The second-order valence-electron chi connectivity index (χ2n) is 8.79. The summed E-state index contributed by atoms with van der Waals surface area (Å²) >= 11 is 0. The Bertz CT molecular complexity index is 1070. The van der Waals surface area contributed by atoms with Crippen molar-refractivity contribution < 1.29 is 14.6 Å². The van der Waals surface area contributed by atoms with Crippen LogP contribution < -0.4 is 4.74 Å². The predicted molar refractivity (Wildman–Crippen MR) is 122 cm³/mol. The zero-order chi connectivity index (χ0) is 21.9. The largest absolute Gasteiger partial charge is 0.491 e. The third-order valence-electron chi connectivity index (χ3n) is 6.65. The first-order valence-electron chi connectivity index (χ1n) is 11.5. The molecule has 0 unspecified atom stereocenters. The van der Waals surface area contributed by atoms with Gasteiger partial charge in [-0.1, -0.05) is 31.4 Å². The van der Waals surface area contributed by atoms with Crippen molar-refractivity contribution >= 4 is 5.91 Å². The number of carbonyl (C=O) groups excluding carboxylic acids is 1. The van der Waals surface area contributed by atoms with Crippen molar-refractivity contribution in [1.29, 1.82) is 0 Å². The summed E-state index contributed by atoms with van der Waals surface area (Å²) in [6, 6.07) is 15.3. The summed E-state index contributed by atoms with van der Waals surface area (Å²) in [6.45, 7) is 1.42. The average Bonchev–Trinajstić information content (AvgIpc) is 3.30. The number of amides is 1. The number of hydrogen-bond donors (Lipinski definition) is 1. The third kappa shape index (κ3) is 4.28. The maximum absolute atomic E-state index is 13.3. The molecule has 0 radical (unpaired) electrons. The Morgan fingerprint density at radius 1 is 1.09 bits per heavy atom. The Labute approximate surface area is 188 Å². The van der Waals surface area contributed by atoms with Gasteiger partial charge in [-0.2, -0.15) is 5.10 Å². The zero-order valence-electron chi connectivity index (χ0n) is 18.2.